The van der Waals surface area contributed by atoms with Crippen molar-refractivity contribution in [3.05, 3.63) is 53.9 Å². The molecule has 0 N–H and O–H groups in total. The van der Waals surface area contributed by atoms with Gasteiger partial charge in [-0.1, -0.05) is 29.5 Å². The van der Waals surface area contributed by atoms with Crippen LogP contribution in [0.2, 0.25) is 0 Å². The Balaban J connectivity index is 1.63. The molecule has 0 saturated carbocycles. The number of rotatable bonds is 5. The summed E-state index contributed by atoms with van der Waals surface area (Å²) in [4.78, 5) is 24.4. The highest BCUT2D eigenvalue weighted by molar-refractivity contribution is 7.88. The smallest absolute Gasteiger partial charge is 0.232 e. The van der Waals surface area contributed by atoms with E-state index in [2.05, 4.69) is 4.98 Å². The van der Waals surface area contributed by atoms with Crippen molar-refractivity contribution in [3.63, 3.8) is 0 Å². The minimum Gasteiger partial charge on any atom is -0.282 e. The third kappa shape index (κ3) is 4.38. The molecule has 158 valence electrons. The van der Waals surface area contributed by atoms with Gasteiger partial charge in [-0.3, -0.25) is 14.7 Å². The van der Waals surface area contributed by atoms with E-state index >= 15 is 0 Å². The molecule has 2 aromatic heterocycles. The molecule has 0 aliphatic carbocycles. The number of fused-ring (bicyclic) bond motifs is 1. The van der Waals surface area contributed by atoms with Crippen LogP contribution in [0, 0.1) is 12.8 Å². The average molecular weight is 445 g/mol. The maximum atomic E-state index is 13.5. The van der Waals surface area contributed by atoms with Crippen molar-refractivity contribution in [1.29, 1.82) is 0 Å². The number of piperidine rings is 1. The van der Waals surface area contributed by atoms with Crippen molar-refractivity contribution in [2.45, 2.75) is 26.3 Å². The first-order chi connectivity index (χ1) is 14.3. The Kier molecular flexibility index (Phi) is 5.86. The van der Waals surface area contributed by atoms with Gasteiger partial charge in [-0.15, -0.1) is 0 Å². The highest BCUT2D eigenvalue weighted by atomic mass is 32.2. The first-order valence-corrected chi connectivity index (χ1v) is 12.5. The van der Waals surface area contributed by atoms with E-state index in [1.54, 1.807) is 11.1 Å². The monoisotopic (exact) mass is 444 g/mol. The molecule has 1 aliphatic rings. The van der Waals surface area contributed by atoms with Gasteiger partial charge in [0.25, 0.3) is 0 Å². The van der Waals surface area contributed by atoms with Crippen LogP contribution in [-0.2, 0) is 21.4 Å². The summed E-state index contributed by atoms with van der Waals surface area (Å²) in [5.41, 5.74) is 2.76. The molecule has 3 heterocycles. The molecule has 1 amide bonds. The van der Waals surface area contributed by atoms with Crippen LogP contribution in [0.15, 0.2) is 42.6 Å². The fourth-order valence-corrected chi connectivity index (χ4v) is 5.66. The second kappa shape index (κ2) is 8.41. The second-order valence-electron chi connectivity index (χ2n) is 7.60. The van der Waals surface area contributed by atoms with Crippen LogP contribution in [-0.4, -0.2) is 47.9 Å². The van der Waals surface area contributed by atoms with Gasteiger partial charge in [0.1, 0.15) is 0 Å². The first-order valence-electron chi connectivity index (χ1n) is 9.85. The SMILES string of the molecule is Cc1cccc2sc(N(Cc3ccccn3)C(=O)C3CCN(S(C)(=O)=O)CC3)nc12. The van der Waals surface area contributed by atoms with Gasteiger partial charge in [0.2, 0.25) is 15.9 Å². The standard InChI is InChI=1S/C21H24N4O3S2/c1-15-6-5-8-18-19(15)23-21(29-18)25(14-17-7-3-4-11-22-17)20(26)16-9-12-24(13-10-16)30(2,27)28/h3-8,11,16H,9-10,12-14H2,1-2H3. The fraction of sp³-hybridized carbons (Fsp3) is 0.381. The zero-order chi connectivity index (χ0) is 21.3. The molecule has 3 aromatic rings. The molecule has 4 rings (SSSR count). The quantitative estimate of drug-likeness (QED) is 0.603. The van der Waals surface area contributed by atoms with Crippen LogP contribution in [0.5, 0.6) is 0 Å². The Morgan fingerprint density at radius 2 is 1.97 bits per heavy atom. The molecule has 9 heteroatoms. The van der Waals surface area contributed by atoms with Crippen LogP contribution in [0.3, 0.4) is 0 Å². The molecule has 0 unspecified atom stereocenters. The van der Waals surface area contributed by atoms with Gasteiger partial charge < -0.3 is 0 Å². The number of carbonyl (C=O) groups excluding carboxylic acids is 1. The lowest BCUT2D eigenvalue weighted by atomic mass is 9.96. The molecular weight excluding hydrogens is 420 g/mol. The average Bonchev–Trinajstić information content (AvgIpc) is 3.17. The molecule has 1 saturated heterocycles. The summed E-state index contributed by atoms with van der Waals surface area (Å²) < 4.78 is 26.1. The molecule has 7 nitrogen and oxygen atoms in total. The van der Waals surface area contributed by atoms with Gasteiger partial charge in [0.05, 0.1) is 28.7 Å². The third-order valence-corrected chi connectivity index (χ3v) is 7.77. The summed E-state index contributed by atoms with van der Waals surface area (Å²) in [6, 6.07) is 11.7. The lowest BCUT2D eigenvalue weighted by Gasteiger charge is -2.32. The van der Waals surface area contributed by atoms with E-state index in [1.165, 1.54) is 21.9 Å². The molecule has 30 heavy (non-hydrogen) atoms. The summed E-state index contributed by atoms with van der Waals surface area (Å²) in [6.45, 7) is 3.08. The van der Waals surface area contributed by atoms with Gasteiger partial charge in [0, 0.05) is 25.2 Å². The number of benzene rings is 1. The topological polar surface area (TPSA) is 83.5 Å². The lowest BCUT2D eigenvalue weighted by Crippen LogP contribution is -2.44. The number of para-hydroxylation sites is 1. The van der Waals surface area contributed by atoms with E-state index in [0.29, 0.717) is 37.6 Å². The van der Waals surface area contributed by atoms with Gasteiger partial charge >= 0.3 is 0 Å². The normalized spacial score (nSPS) is 16.1. The van der Waals surface area contributed by atoms with Crippen molar-refractivity contribution in [2.75, 3.05) is 24.2 Å². The van der Waals surface area contributed by atoms with Gasteiger partial charge in [0.15, 0.2) is 5.13 Å². The zero-order valence-corrected chi connectivity index (χ0v) is 18.6. The van der Waals surface area contributed by atoms with Crippen molar-refractivity contribution in [3.8, 4) is 0 Å². The minimum absolute atomic E-state index is 0.0227. The second-order valence-corrected chi connectivity index (χ2v) is 10.6. The van der Waals surface area contributed by atoms with Crippen molar-refractivity contribution in [1.82, 2.24) is 14.3 Å². The number of aryl methyl sites for hydroxylation is 1. The number of hydrogen-bond acceptors (Lipinski definition) is 6. The van der Waals surface area contributed by atoms with Crippen LogP contribution in [0.25, 0.3) is 10.2 Å². The zero-order valence-electron chi connectivity index (χ0n) is 17.0. The van der Waals surface area contributed by atoms with Gasteiger partial charge in [-0.05, 0) is 43.5 Å². The van der Waals surface area contributed by atoms with Crippen molar-refractivity contribution < 1.29 is 13.2 Å². The molecule has 0 radical (unpaired) electrons. The Hall–Kier alpha value is -2.36. The summed E-state index contributed by atoms with van der Waals surface area (Å²) in [5.74, 6) is -0.259. The molecule has 1 aromatic carbocycles. The number of pyridine rings is 1. The highest BCUT2D eigenvalue weighted by Crippen LogP contribution is 2.33. The Bertz CT molecular complexity index is 1150. The van der Waals surface area contributed by atoms with Crippen LogP contribution < -0.4 is 4.90 Å². The Morgan fingerprint density at radius 1 is 1.20 bits per heavy atom. The van der Waals surface area contributed by atoms with E-state index in [0.717, 1.165) is 21.5 Å². The summed E-state index contributed by atoms with van der Waals surface area (Å²) >= 11 is 1.50. The molecule has 1 fully saturated rings. The van der Waals surface area contributed by atoms with Crippen LogP contribution in [0.4, 0.5) is 5.13 Å². The van der Waals surface area contributed by atoms with Gasteiger partial charge in [-0.25, -0.2) is 17.7 Å². The third-order valence-electron chi connectivity index (χ3n) is 5.42. The predicted molar refractivity (Wildman–Crippen MR) is 119 cm³/mol. The number of anilines is 1. The predicted octanol–water partition coefficient (Wildman–Crippen LogP) is 3.20. The number of sulfonamides is 1. The number of amides is 1. The Morgan fingerprint density at radius 3 is 2.60 bits per heavy atom. The van der Waals surface area contributed by atoms with Crippen molar-refractivity contribution >= 4 is 42.6 Å². The number of thiazole rings is 1. The first kappa shape index (κ1) is 20.9. The van der Waals surface area contributed by atoms with Crippen LogP contribution >= 0.6 is 11.3 Å². The number of aromatic nitrogens is 2. The van der Waals surface area contributed by atoms with E-state index < -0.39 is 10.0 Å². The molecule has 0 spiro atoms. The molecular formula is C21H24N4O3S2. The number of carbonyl (C=O) groups is 1. The maximum Gasteiger partial charge on any atom is 0.232 e. The largest absolute Gasteiger partial charge is 0.282 e. The molecule has 0 bridgehead atoms. The highest BCUT2D eigenvalue weighted by Gasteiger charge is 2.33. The summed E-state index contributed by atoms with van der Waals surface area (Å²) in [6.07, 6.45) is 3.94. The Labute approximate surface area is 180 Å². The van der Waals surface area contributed by atoms with E-state index in [4.69, 9.17) is 4.98 Å². The van der Waals surface area contributed by atoms with Crippen LogP contribution in [0.1, 0.15) is 24.1 Å². The fourth-order valence-electron chi connectivity index (χ4n) is 3.74. The summed E-state index contributed by atoms with van der Waals surface area (Å²) in [5, 5.41) is 0.653. The summed E-state index contributed by atoms with van der Waals surface area (Å²) in [7, 11) is -3.23. The maximum absolute atomic E-state index is 13.5. The molecule has 0 atom stereocenters. The number of nitrogens with zero attached hydrogens (tertiary/aromatic N) is 4. The van der Waals surface area contributed by atoms with Crippen molar-refractivity contribution in [2.24, 2.45) is 5.92 Å². The number of hydrogen-bond donors (Lipinski definition) is 0. The lowest BCUT2D eigenvalue weighted by molar-refractivity contribution is -0.123. The minimum atomic E-state index is -3.23. The van der Waals surface area contributed by atoms with E-state index in [9.17, 15) is 13.2 Å². The van der Waals surface area contributed by atoms with E-state index in [-0.39, 0.29) is 11.8 Å². The molecule has 1 aliphatic heterocycles. The van der Waals surface area contributed by atoms with E-state index in [1.807, 2.05) is 43.3 Å². The van der Waals surface area contributed by atoms with Gasteiger partial charge in [-0.2, -0.15) is 0 Å².